The number of nitrogens with one attached hydrogen (secondary N) is 1. The molecule has 0 aliphatic carbocycles. The summed E-state index contributed by atoms with van der Waals surface area (Å²) >= 11 is 0.845. The number of rotatable bonds is 5. The van der Waals surface area contributed by atoms with Crippen LogP contribution in [0.1, 0.15) is 10.6 Å². The number of nitrogens with zero attached hydrogens (tertiary/aromatic N) is 3. The van der Waals surface area contributed by atoms with Crippen molar-refractivity contribution in [3.05, 3.63) is 58.2 Å². The minimum atomic E-state index is -4.65. The molecule has 0 unspecified atom stereocenters. The van der Waals surface area contributed by atoms with E-state index in [0.29, 0.717) is 16.2 Å². The number of hydrazone groups is 1. The van der Waals surface area contributed by atoms with Gasteiger partial charge in [-0.1, -0.05) is 0 Å². The quantitative estimate of drug-likeness (QED) is 0.382. The molecule has 0 spiro atoms. The second-order valence-corrected chi connectivity index (χ2v) is 6.27. The van der Waals surface area contributed by atoms with Crippen molar-refractivity contribution in [3.63, 3.8) is 0 Å². The largest absolute Gasteiger partial charge is 0.497 e. The summed E-state index contributed by atoms with van der Waals surface area (Å²) in [5.74, 6) is 0.235. The van der Waals surface area contributed by atoms with E-state index in [1.165, 1.54) is 25.5 Å². The molecule has 5 nitrogen and oxygen atoms in total. The van der Waals surface area contributed by atoms with Crippen molar-refractivity contribution in [1.82, 2.24) is 9.97 Å². The third kappa shape index (κ3) is 4.79. The summed E-state index contributed by atoms with van der Waals surface area (Å²) < 4.78 is 57.4. The van der Waals surface area contributed by atoms with Crippen LogP contribution >= 0.6 is 11.3 Å². The van der Waals surface area contributed by atoms with Crippen LogP contribution in [0, 0.1) is 5.13 Å². The fraction of sp³-hybridized carbons (Fsp3) is 0.118. The highest BCUT2D eigenvalue weighted by Gasteiger charge is 2.33. The van der Waals surface area contributed by atoms with Crippen LogP contribution in [0.15, 0.2) is 47.6 Å². The van der Waals surface area contributed by atoms with Gasteiger partial charge < -0.3 is 4.74 Å². The van der Waals surface area contributed by atoms with Crippen LogP contribution in [-0.2, 0) is 6.18 Å². The van der Waals surface area contributed by atoms with Crippen molar-refractivity contribution in [2.75, 3.05) is 12.5 Å². The Morgan fingerprint density at radius 2 is 1.85 bits per heavy atom. The maximum absolute atomic E-state index is 13.2. The van der Waals surface area contributed by atoms with E-state index in [0.717, 1.165) is 17.4 Å². The zero-order chi connectivity index (χ0) is 19.4. The fourth-order valence-corrected chi connectivity index (χ4v) is 2.71. The molecule has 10 heteroatoms. The van der Waals surface area contributed by atoms with E-state index in [2.05, 4.69) is 20.5 Å². The average Bonchev–Trinajstić information content (AvgIpc) is 3.06. The van der Waals surface area contributed by atoms with Gasteiger partial charge in [-0.3, -0.25) is 0 Å². The minimum absolute atomic E-state index is 0.0693. The first kappa shape index (κ1) is 18.8. The smallest absolute Gasteiger partial charge is 0.433 e. The molecule has 140 valence electrons. The molecule has 0 saturated heterocycles. The van der Waals surface area contributed by atoms with Crippen molar-refractivity contribution >= 4 is 23.5 Å². The van der Waals surface area contributed by atoms with Crippen LogP contribution in [0.4, 0.5) is 23.5 Å². The number of halogens is 4. The highest BCUT2D eigenvalue weighted by molar-refractivity contribution is 7.12. The van der Waals surface area contributed by atoms with E-state index in [4.69, 9.17) is 4.74 Å². The average molecular weight is 396 g/mol. The van der Waals surface area contributed by atoms with Crippen molar-refractivity contribution in [2.24, 2.45) is 5.10 Å². The maximum atomic E-state index is 13.2. The Morgan fingerprint density at radius 3 is 2.44 bits per heavy atom. The zero-order valence-corrected chi connectivity index (χ0v) is 14.6. The molecule has 2 heterocycles. The fourth-order valence-electron chi connectivity index (χ4n) is 2.10. The second kappa shape index (κ2) is 7.70. The van der Waals surface area contributed by atoms with Gasteiger partial charge in [-0.25, -0.2) is 15.4 Å². The summed E-state index contributed by atoms with van der Waals surface area (Å²) in [5.41, 5.74) is 1.77. The molecule has 0 saturated carbocycles. The molecule has 0 aliphatic rings. The van der Waals surface area contributed by atoms with Crippen LogP contribution in [0.25, 0.3) is 11.3 Å². The molecule has 3 aromatic rings. The Bertz CT molecular complexity index is 954. The molecule has 0 amide bonds. The van der Waals surface area contributed by atoms with Crippen molar-refractivity contribution < 1.29 is 22.3 Å². The third-order valence-electron chi connectivity index (χ3n) is 3.35. The van der Waals surface area contributed by atoms with E-state index < -0.39 is 17.0 Å². The third-order valence-corrected chi connectivity index (χ3v) is 4.16. The number of hydrogen-bond donors (Lipinski definition) is 1. The normalized spacial score (nSPS) is 11.7. The van der Waals surface area contributed by atoms with E-state index in [-0.39, 0.29) is 11.6 Å². The summed E-state index contributed by atoms with van der Waals surface area (Å²) in [6, 6.07) is 10.00. The summed E-state index contributed by atoms with van der Waals surface area (Å²) in [4.78, 5) is 7.99. The lowest BCUT2D eigenvalue weighted by atomic mass is 10.1. The first-order valence-electron chi connectivity index (χ1n) is 7.50. The first-order valence-corrected chi connectivity index (χ1v) is 8.32. The molecule has 1 aromatic carbocycles. The number of alkyl halides is 3. The zero-order valence-electron chi connectivity index (χ0n) is 13.8. The van der Waals surface area contributed by atoms with Gasteiger partial charge >= 0.3 is 6.18 Å². The Kier molecular flexibility index (Phi) is 5.36. The van der Waals surface area contributed by atoms with Gasteiger partial charge in [0.15, 0.2) is 10.8 Å². The molecule has 1 N–H and O–H groups in total. The number of thiophene rings is 1. The summed E-state index contributed by atoms with van der Waals surface area (Å²) in [6.45, 7) is 0. The van der Waals surface area contributed by atoms with Crippen LogP contribution < -0.4 is 10.2 Å². The van der Waals surface area contributed by atoms with Gasteiger partial charge in [0.05, 0.1) is 23.9 Å². The molecular weight excluding hydrogens is 384 g/mol. The number of hydrogen-bond acceptors (Lipinski definition) is 6. The lowest BCUT2D eigenvalue weighted by molar-refractivity contribution is -0.141. The molecule has 0 radical (unpaired) electrons. The molecule has 27 heavy (non-hydrogen) atoms. The van der Waals surface area contributed by atoms with E-state index >= 15 is 0 Å². The Labute approximate surface area is 155 Å². The summed E-state index contributed by atoms with van der Waals surface area (Å²) in [6.07, 6.45) is -3.38. The molecule has 0 atom stereocenters. The van der Waals surface area contributed by atoms with Crippen molar-refractivity contribution in [3.8, 4) is 17.0 Å². The number of benzene rings is 1. The Balaban J connectivity index is 1.91. The number of aromatic nitrogens is 2. The topological polar surface area (TPSA) is 59.4 Å². The number of methoxy groups -OCH3 is 1. The monoisotopic (exact) mass is 396 g/mol. The molecule has 2 aromatic heterocycles. The van der Waals surface area contributed by atoms with Crippen LogP contribution in [-0.4, -0.2) is 23.3 Å². The SMILES string of the molecule is COc1ccc(-c2cc(C(F)(F)F)nc(N/N=C\c3ccc(F)s3)n2)cc1. The highest BCUT2D eigenvalue weighted by Crippen LogP contribution is 2.31. The lowest BCUT2D eigenvalue weighted by Gasteiger charge is -2.10. The number of anilines is 1. The standard InChI is InChI=1S/C17H12F4N4OS/c1-26-11-4-2-10(3-5-11)13-8-14(17(19,20)21)24-16(23-13)25-22-9-12-6-7-15(18)27-12/h2-9H,1H3,(H,23,24,25)/b22-9-. The molecule has 0 aliphatic heterocycles. The van der Waals surface area contributed by atoms with Crippen LogP contribution in [0.3, 0.4) is 0 Å². The van der Waals surface area contributed by atoms with Crippen LogP contribution in [0.2, 0.25) is 0 Å². The highest BCUT2D eigenvalue weighted by atomic mass is 32.1. The van der Waals surface area contributed by atoms with E-state index in [1.807, 2.05) is 0 Å². The lowest BCUT2D eigenvalue weighted by Crippen LogP contribution is -2.11. The molecule has 0 fully saturated rings. The van der Waals surface area contributed by atoms with Crippen molar-refractivity contribution in [2.45, 2.75) is 6.18 Å². The summed E-state index contributed by atoms with van der Waals surface area (Å²) in [7, 11) is 1.49. The Hall–Kier alpha value is -3.01. The predicted molar refractivity (Wildman–Crippen MR) is 94.5 cm³/mol. The van der Waals surface area contributed by atoms with Gasteiger partial charge in [0.25, 0.3) is 0 Å². The molecule has 0 bridgehead atoms. The molecular formula is C17H12F4N4OS. The maximum Gasteiger partial charge on any atom is 0.433 e. The summed E-state index contributed by atoms with van der Waals surface area (Å²) in [5, 5.41) is 3.37. The molecule has 3 rings (SSSR count). The van der Waals surface area contributed by atoms with Gasteiger partial charge in [0.1, 0.15) is 5.75 Å². The van der Waals surface area contributed by atoms with Gasteiger partial charge in [-0.05, 0) is 42.5 Å². The van der Waals surface area contributed by atoms with Gasteiger partial charge in [-0.15, -0.1) is 11.3 Å². The Morgan fingerprint density at radius 1 is 1.11 bits per heavy atom. The van der Waals surface area contributed by atoms with Gasteiger partial charge in [0, 0.05) is 5.56 Å². The van der Waals surface area contributed by atoms with E-state index in [1.54, 1.807) is 24.3 Å². The van der Waals surface area contributed by atoms with Gasteiger partial charge in [-0.2, -0.15) is 22.7 Å². The number of ether oxygens (including phenoxy) is 1. The van der Waals surface area contributed by atoms with Crippen molar-refractivity contribution in [1.29, 1.82) is 0 Å². The minimum Gasteiger partial charge on any atom is -0.497 e. The van der Waals surface area contributed by atoms with E-state index in [9.17, 15) is 17.6 Å². The first-order chi connectivity index (χ1) is 12.8. The van der Waals surface area contributed by atoms with Crippen LogP contribution in [0.5, 0.6) is 5.75 Å². The van der Waals surface area contributed by atoms with Gasteiger partial charge in [0.2, 0.25) is 5.95 Å². The predicted octanol–water partition coefficient (Wildman–Crippen LogP) is 4.82. The second-order valence-electron chi connectivity index (χ2n) is 5.20.